The molecule has 0 fully saturated rings. The minimum Gasteiger partial charge on any atom is -0.504 e. The van der Waals surface area contributed by atoms with Gasteiger partial charge in [-0.25, -0.2) is 0 Å². The maximum Gasteiger partial charge on any atom is 0.163 e. The fourth-order valence-corrected chi connectivity index (χ4v) is 5.50. The Morgan fingerprint density at radius 3 is 2.68 bits per heavy atom. The van der Waals surface area contributed by atoms with Crippen LogP contribution in [0.1, 0.15) is 43.9 Å². The van der Waals surface area contributed by atoms with E-state index >= 15 is 0 Å². The average molecular weight is 478 g/mol. The van der Waals surface area contributed by atoms with Crippen LogP contribution in [0, 0.1) is 5.41 Å². The van der Waals surface area contributed by atoms with E-state index in [0.717, 1.165) is 44.1 Å². The van der Waals surface area contributed by atoms with Gasteiger partial charge in [0.15, 0.2) is 17.3 Å². The van der Waals surface area contributed by atoms with Crippen LogP contribution in [-0.2, 0) is 4.79 Å². The van der Waals surface area contributed by atoms with E-state index in [1.54, 1.807) is 6.07 Å². The van der Waals surface area contributed by atoms with Crippen LogP contribution >= 0.6 is 15.9 Å². The summed E-state index contributed by atoms with van der Waals surface area (Å²) in [5, 5.41) is 16.8. The summed E-state index contributed by atoms with van der Waals surface area (Å²) in [6.45, 7) is 4.30. The second-order valence-corrected chi connectivity index (χ2v) is 10.1. The summed E-state index contributed by atoms with van der Waals surface area (Å²) in [7, 11) is 1.53. The summed E-state index contributed by atoms with van der Waals surface area (Å²) in [4.78, 5) is 13.5. The van der Waals surface area contributed by atoms with Gasteiger partial charge in [0.05, 0.1) is 13.2 Å². The smallest absolute Gasteiger partial charge is 0.163 e. The Morgan fingerprint density at radius 1 is 1.13 bits per heavy atom. The molecule has 2 N–H and O–H groups in total. The lowest BCUT2D eigenvalue weighted by atomic mass is 9.68. The number of ketones is 1. The van der Waals surface area contributed by atoms with Crippen molar-refractivity contribution in [3.8, 4) is 11.5 Å². The van der Waals surface area contributed by atoms with Crippen molar-refractivity contribution >= 4 is 43.7 Å². The highest BCUT2D eigenvalue weighted by molar-refractivity contribution is 9.10. The molecule has 0 radical (unpaired) electrons. The second-order valence-electron chi connectivity index (χ2n) is 9.17. The second kappa shape index (κ2) is 7.13. The lowest BCUT2D eigenvalue weighted by Gasteiger charge is -2.40. The molecular weight excluding hydrogens is 454 g/mol. The molecule has 1 heterocycles. The molecule has 3 aromatic rings. The number of fused-ring (bicyclic) bond motifs is 4. The number of phenols is 1. The predicted octanol–water partition coefficient (Wildman–Crippen LogP) is 6.63. The minimum atomic E-state index is -0.446. The quantitative estimate of drug-likeness (QED) is 0.434. The number of hydrogen-bond donors (Lipinski definition) is 2. The lowest BCUT2D eigenvalue weighted by molar-refractivity contribution is -0.118. The molecule has 0 spiro atoms. The molecule has 0 amide bonds. The molecule has 0 aromatic heterocycles. The molecule has 2 aliphatic rings. The Labute approximate surface area is 190 Å². The molecule has 1 aliphatic carbocycles. The van der Waals surface area contributed by atoms with Gasteiger partial charge in [-0.15, -0.1) is 0 Å². The standard InChI is InChI=1S/C26H24BrNO3/c1-26(2)12-18-22-16-7-5-4-6-14(16)8-9-19(22)28-24(23(18)20(29)13-26)17-10-15(27)11-21(31-3)25(17)30/h4-11,24,28,30H,12-13H2,1-3H3/t24-/m0/s1. The van der Waals surface area contributed by atoms with Crippen molar-refractivity contribution in [2.24, 2.45) is 5.41 Å². The van der Waals surface area contributed by atoms with E-state index in [2.05, 4.69) is 59.4 Å². The van der Waals surface area contributed by atoms with Gasteiger partial charge in [-0.3, -0.25) is 4.79 Å². The Hall–Kier alpha value is -2.79. The van der Waals surface area contributed by atoms with E-state index in [1.807, 2.05) is 18.2 Å². The Balaban J connectivity index is 1.82. The number of aromatic hydroxyl groups is 1. The largest absolute Gasteiger partial charge is 0.504 e. The van der Waals surface area contributed by atoms with Gasteiger partial charge in [0.2, 0.25) is 0 Å². The summed E-state index contributed by atoms with van der Waals surface area (Å²) in [5.41, 5.74) is 4.42. The summed E-state index contributed by atoms with van der Waals surface area (Å²) < 4.78 is 6.16. The van der Waals surface area contributed by atoms with Crippen LogP contribution in [0.3, 0.4) is 0 Å². The number of nitrogens with one attached hydrogen (secondary N) is 1. The third-order valence-corrected chi connectivity index (χ3v) is 6.80. The van der Waals surface area contributed by atoms with Crippen molar-refractivity contribution in [2.75, 3.05) is 12.4 Å². The first-order valence-corrected chi connectivity index (χ1v) is 11.2. The Kier molecular flexibility index (Phi) is 4.63. The summed E-state index contributed by atoms with van der Waals surface area (Å²) >= 11 is 3.52. The van der Waals surface area contributed by atoms with Crippen molar-refractivity contribution in [1.82, 2.24) is 0 Å². The molecule has 5 rings (SSSR count). The molecule has 1 aliphatic heterocycles. The first kappa shape index (κ1) is 20.1. The van der Waals surface area contributed by atoms with Crippen molar-refractivity contribution in [3.05, 3.63) is 69.7 Å². The molecule has 4 nitrogen and oxygen atoms in total. The van der Waals surface area contributed by atoms with Gasteiger partial charge in [0.25, 0.3) is 0 Å². The number of methoxy groups -OCH3 is 1. The van der Waals surface area contributed by atoms with E-state index in [9.17, 15) is 9.90 Å². The molecule has 0 unspecified atom stereocenters. The highest BCUT2D eigenvalue weighted by Crippen LogP contribution is 2.53. The van der Waals surface area contributed by atoms with E-state index in [4.69, 9.17) is 4.74 Å². The molecule has 1 atom stereocenters. The number of allylic oxidation sites excluding steroid dienone is 1. The number of carbonyl (C=O) groups is 1. The zero-order chi connectivity index (χ0) is 21.9. The number of benzene rings is 3. The molecule has 3 aromatic carbocycles. The van der Waals surface area contributed by atoms with Crippen LogP contribution in [0.25, 0.3) is 16.3 Å². The van der Waals surface area contributed by atoms with Crippen molar-refractivity contribution in [1.29, 1.82) is 0 Å². The number of anilines is 1. The Bertz CT molecular complexity index is 1280. The molecule has 5 heteroatoms. The molecule has 0 bridgehead atoms. The number of hydrogen-bond acceptors (Lipinski definition) is 4. The first-order valence-electron chi connectivity index (χ1n) is 10.4. The van der Waals surface area contributed by atoms with Gasteiger partial charge in [-0.2, -0.15) is 0 Å². The van der Waals surface area contributed by atoms with Crippen LogP contribution in [-0.4, -0.2) is 18.0 Å². The third-order valence-electron chi connectivity index (χ3n) is 6.34. The van der Waals surface area contributed by atoms with E-state index < -0.39 is 6.04 Å². The number of Topliss-reactive ketones (excluding diaryl/α,β-unsaturated/α-hetero) is 1. The van der Waals surface area contributed by atoms with E-state index in [1.165, 1.54) is 7.11 Å². The van der Waals surface area contributed by atoms with Gasteiger partial charge in [-0.1, -0.05) is 60.1 Å². The average Bonchev–Trinajstić information content (AvgIpc) is 2.73. The molecule has 31 heavy (non-hydrogen) atoms. The topological polar surface area (TPSA) is 58.6 Å². The summed E-state index contributed by atoms with van der Waals surface area (Å²) in [6.07, 6.45) is 1.29. The van der Waals surface area contributed by atoms with E-state index in [-0.39, 0.29) is 16.9 Å². The molecule has 158 valence electrons. The van der Waals surface area contributed by atoms with Gasteiger partial charge in [0.1, 0.15) is 0 Å². The van der Waals surface area contributed by atoms with Crippen LogP contribution < -0.4 is 10.1 Å². The summed E-state index contributed by atoms with van der Waals surface area (Å²) in [6, 6.07) is 15.6. The maximum atomic E-state index is 13.5. The predicted molar refractivity (Wildman–Crippen MR) is 128 cm³/mol. The van der Waals surface area contributed by atoms with Crippen LogP contribution in [0.2, 0.25) is 0 Å². The monoisotopic (exact) mass is 477 g/mol. The molecule has 0 saturated carbocycles. The molecular formula is C26H24BrNO3. The fraction of sp³-hybridized carbons (Fsp3) is 0.269. The van der Waals surface area contributed by atoms with Crippen LogP contribution in [0.4, 0.5) is 5.69 Å². The van der Waals surface area contributed by atoms with E-state index in [0.29, 0.717) is 17.7 Å². The number of carbonyl (C=O) groups excluding carboxylic acids is 1. The van der Waals surface area contributed by atoms with Crippen molar-refractivity contribution in [3.63, 3.8) is 0 Å². The number of ether oxygens (including phenoxy) is 1. The van der Waals surface area contributed by atoms with Gasteiger partial charge < -0.3 is 15.2 Å². The van der Waals surface area contributed by atoms with Crippen molar-refractivity contribution in [2.45, 2.75) is 32.7 Å². The fourth-order valence-electron chi connectivity index (χ4n) is 5.04. The Morgan fingerprint density at radius 2 is 1.90 bits per heavy atom. The summed E-state index contributed by atoms with van der Waals surface area (Å²) in [5.74, 6) is 0.554. The maximum absolute atomic E-state index is 13.5. The molecule has 0 saturated heterocycles. The van der Waals surface area contributed by atoms with Gasteiger partial charge in [-0.05, 0) is 46.4 Å². The normalized spacial score (nSPS) is 19.6. The zero-order valence-corrected chi connectivity index (χ0v) is 19.3. The number of rotatable bonds is 2. The third kappa shape index (κ3) is 3.23. The van der Waals surface area contributed by atoms with Crippen LogP contribution in [0.5, 0.6) is 11.5 Å². The lowest BCUT2D eigenvalue weighted by Crippen LogP contribution is -2.33. The minimum absolute atomic E-state index is 0.0527. The zero-order valence-electron chi connectivity index (χ0n) is 17.8. The number of phenolic OH excluding ortho intramolecular Hbond substituents is 1. The first-order chi connectivity index (χ1) is 14.8. The van der Waals surface area contributed by atoms with Gasteiger partial charge in [0, 0.05) is 33.3 Å². The van der Waals surface area contributed by atoms with Gasteiger partial charge >= 0.3 is 0 Å². The highest BCUT2D eigenvalue weighted by Gasteiger charge is 2.41. The highest BCUT2D eigenvalue weighted by atomic mass is 79.9. The van der Waals surface area contributed by atoms with Crippen molar-refractivity contribution < 1.29 is 14.6 Å². The SMILES string of the molecule is COc1cc(Br)cc([C@@H]2Nc3ccc4ccccc4c3C3=C2C(=O)CC(C)(C)C3)c1O. The van der Waals surface area contributed by atoms with Crippen LogP contribution in [0.15, 0.2) is 58.6 Å². The number of halogens is 1.